The number of carbonyl (C=O) groups is 2. The third-order valence-corrected chi connectivity index (χ3v) is 3.02. The molecule has 0 aliphatic rings. The van der Waals surface area contributed by atoms with Gasteiger partial charge in [0.05, 0.1) is 0 Å². The summed E-state index contributed by atoms with van der Waals surface area (Å²) in [5, 5.41) is 11.8. The van der Waals surface area contributed by atoms with E-state index >= 15 is 0 Å². The van der Waals surface area contributed by atoms with Crippen molar-refractivity contribution in [3.8, 4) is 5.75 Å². The molecule has 21 heavy (non-hydrogen) atoms. The fraction of sp³-hybridized carbons (Fsp3) is 0.0667. The summed E-state index contributed by atoms with van der Waals surface area (Å²) in [6.07, 6.45) is -0.867. The van der Waals surface area contributed by atoms with Crippen molar-refractivity contribution in [2.75, 3.05) is 0 Å². The zero-order chi connectivity index (χ0) is 15.2. The van der Waals surface area contributed by atoms with Gasteiger partial charge in [-0.2, -0.15) is 0 Å². The number of ether oxygens (including phenoxy) is 1. The van der Waals surface area contributed by atoms with Gasteiger partial charge in [-0.25, -0.2) is 9.59 Å². The normalized spacial score (nSPS) is 11.5. The number of hydrogen-bond acceptors (Lipinski definition) is 3. The molecule has 0 aliphatic heterocycles. The molecule has 0 saturated carbocycles. The van der Waals surface area contributed by atoms with Crippen molar-refractivity contribution in [2.45, 2.75) is 6.04 Å². The smallest absolute Gasteiger partial charge is 0.413 e. The Bertz CT molecular complexity index is 645. The summed E-state index contributed by atoms with van der Waals surface area (Å²) >= 11 is 5.95. The molecule has 0 spiro atoms. The summed E-state index contributed by atoms with van der Waals surface area (Å²) in [6, 6.07) is 13.5. The van der Waals surface area contributed by atoms with Crippen molar-refractivity contribution >= 4 is 23.7 Å². The molecular weight excluding hydrogens is 294 g/mol. The summed E-state index contributed by atoms with van der Waals surface area (Å²) in [5.41, 5.74) is 0.289. The van der Waals surface area contributed by atoms with Crippen molar-refractivity contribution in [1.29, 1.82) is 0 Å². The van der Waals surface area contributed by atoms with Gasteiger partial charge in [-0.3, -0.25) is 0 Å². The molecule has 0 radical (unpaired) electrons. The number of aliphatic carboxylic acids is 1. The molecule has 0 unspecified atom stereocenters. The molecule has 5 nitrogen and oxygen atoms in total. The first-order chi connectivity index (χ1) is 10.1. The minimum absolute atomic E-state index is 0.255. The Balaban J connectivity index is 2.12. The highest BCUT2D eigenvalue weighted by atomic mass is 35.5. The summed E-state index contributed by atoms with van der Waals surface area (Å²) in [7, 11) is 0. The summed E-state index contributed by atoms with van der Waals surface area (Å²) < 4.78 is 5.00. The van der Waals surface area contributed by atoms with E-state index in [4.69, 9.17) is 16.3 Å². The molecule has 0 aliphatic carbocycles. The van der Waals surface area contributed by atoms with Crippen molar-refractivity contribution in [3.05, 3.63) is 65.2 Å². The Kier molecular flexibility index (Phi) is 4.79. The van der Waals surface area contributed by atoms with Crippen LogP contribution in [0.1, 0.15) is 11.6 Å². The van der Waals surface area contributed by atoms with E-state index in [-0.39, 0.29) is 10.6 Å². The molecule has 0 bridgehead atoms. The van der Waals surface area contributed by atoms with Gasteiger partial charge in [-0.05, 0) is 18.2 Å². The van der Waals surface area contributed by atoms with Crippen LogP contribution in [0.2, 0.25) is 5.02 Å². The number of halogens is 1. The quantitative estimate of drug-likeness (QED) is 0.909. The molecule has 0 saturated heterocycles. The van der Waals surface area contributed by atoms with E-state index in [0.29, 0.717) is 5.75 Å². The van der Waals surface area contributed by atoms with Crippen LogP contribution in [0, 0.1) is 0 Å². The number of amides is 1. The minimum Gasteiger partial charge on any atom is -0.479 e. The second-order valence-corrected chi connectivity index (χ2v) is 4.55. The van der Waals surface area contributed by atoms with Crippen molar-refractivity contribution in [1.82, 2.24) is 5.32 Å². The van der Waals surface area contributed by atoms with Crippen LogP contribution >= 0.6 is 11.6 Å². The average Bonchev–Trinajstić information content (AvgIpc) is 2.46. The number of benzene rings is 2. The molecule has 108 valence electrons. The highest BCUT2D eigenvalue weighted by Crippen LogP contribution is 2.23. The average molecular weight is 306 g/mol. The van der Waals surface area contributed by atoms with Gasteiger partial charge in [0, 0.05) is 10.6 Å². The molecule has 0 fully saturated rings. The first-order valence-corrected chi connectivity index (χ1v) is 6.46. The van der Waals surface area contributed by atoms with E-state index in [0.717, 1.165) is 0 Å². The predicted molar refractivity (Wildman–Crippen MR) is 77.4 cm³/mol. The summed E-state index contributed by atoms with van der Waals surface area (Å²) in [6.45, 7) is 0. The van der Waals surface area contributed by atoms with Crippen LogP contribution in [-0.4, -0.2) is 17.2 Å². The number of hydrogen-bond donors (Lipinski definition) is 2. The first-order valence-electron chi connectivity index (χ1n) is 6.08. The van der Waals surface area contributed by atoms with Crippen LogP contribution in [0.25, 0.3) is 0 Å². The van der Waals surface area contributed by atoms with Gasteiger partial charge >= 0.3 is 12.1 Å². The Labute approximate surface area is 126 Å². The van der Waals surface area contributed by atoms with Crippen LogP contribution in [0.4, 0.5) is 4.79 Å². The second kappa shape index (κ2) is 6.76. The Hall–Kier alpha value is -2.53. The van der Waals surface area contributed by atoms with E-state index in [1.165, 1.54) is 6.07 Å². The fourth-order valence-electron chi connectivity index (χ4n) is 1.72. The molecule has 0 aromatic heterocycles. The van der Waals surface area contributed by atoms with Gasteiger partial charge in [0.25, 0.3) is 0 Å². The first kappa shape index (κ1) is 14.9. The van der Waals surface area contributed by atoms with Gasteiger partial charge in [0.1, 0.15) is 5.75 Å². The Morgan fingerprint density at radius 1 is 1.05 bits per heavy atom. The van der Waals surface area contributed by atoms with E-state index in [1.54, 1.807) is 48.5 Å². The lowest BCUT2D eigenvalue weighted by molar-refractivity contribution is -0.139. The number of carboxylic acids is 1. The van der Waals surface area contributed by atoms with Crippen LogP contribution in [0.3, 0.4) is 0 Å². The highest BCUT2D eigenvalue weighted by molar-refractivity contribution is 6.31. The van der Waals surface area contributed by atoms with Crippen molar-refractivity contribution < 1.29 is 19.4 Å². The zero-order valence-corrected chi connectivity index (χ0v) is 11.6. The van der Waals surface area contributed by atoms with Crippen LogP contribution < -0.4 is 10.1 Å². The van der Waals surface area contributed by atoms with Gasteiger partial charge < -0.3 is 15.2 Å². The van der Waals surface area contributed by atoms with Crippen LogP contribution in [0.15, 0.2) is 54.6 Å². The topological polar surface area (TPSA) is 75.6 Å². The number of carboxylic acid groups (broad SMARTS) is 1. The van der Waals surface area contributed by atoms with Gasteiger partial charge in [-0.1, -0.05) is 48.0 Å². The van der Waals surface area contributed by atoms with Crippen LogP contribution in [0.5, 0.6) is 5.75 Å². The van der Waals surface area contributed by atoms with Gasteiger partial charge in [0.2, 0.25) is 0 Å². The lowest BCUT2D eigenvalue weighted by atomic mass is 10.1. The van der Waals surface area contributed by atoms with E-state index < -0.39 is 18.1 Å². The number of para-hydroxylation sites is 1. The molecule has 1 atom stereocenters. The standard InChI is InChI=1S/C15H12ClNO4/c16-12-9-5-4-8-11(12)13(14(18)19)17-15(20)21-10-6-2-1-3-7-10/h1-9,13H,(H,17,20)(H,18,19)/t13-/m1/s1. The number of rotatable bonds is 4. The molecule has 1 amide bonds. The lowest BCUT2D eigenvalue weighted by Gasteiger charge is -2.15. The zero-order valence-electron chi connectivity index (χ0n) is 10.8. The van der Waals surface area contributed by atoms with E-state index in [9.17, 15) is 14.7 Å². The molecule has 0 heterocycles. The van der Waals surface area contributed by atoms with E-state index in [1.807, 2.05) is 0 Å². The largest absolute Gasteiger partial charge is 0.479 e. The Morgan fingerprint density at radius 3 is 2.29 bits per heavy atom. The van der Waals surface area contributed by atoms with Crippen molar-refractivity contribution in [3.63, 3.8) is 0 Å². The molecular formula is C15H12ClNO4. The molecule has 6 heteroatoms. The number of carbonyl (C=O) groups excluding carboxylic acids is 1. The maximum Gasteiger partial charge on any atom is 0.413 e. The third kappa shape index (κ3) is 3.97. The Morgan fingerprint density at radius 2 is 1.67 bits per heavy atom. The van der Waals surface area contributed by atoms with E-state index in [2.05, 4.69) is 5.32 Å². The molecule has 2 N–H and O–H groups in total. The lowest BCUT2D eigenvalue weighted by Crippen LogP contribution is -2.35. The second-order valence-electron chi connectivity index (χ2n) is 4.14. The minimum atomic E-state index is -1.28. The van der Waals surface area contributed by atoms with Gasteiger partial charge in [0.15, 0.2) is 6.04 Å². The monoisotopic (exact) mass is 305 g/mol. The number of nitrogens with one attached hydrogen (secondary N) is 1. The van der Waals surface area contributed by atoms with Gasteiger partial charge in [-0.15, -0.1) is 0 Å². The summed E-state index contributed by atoms with van der Waals surface area (Å²) in [5.74, 6) is -0.911. The van der Waals surface area contributed by atoms with Crippen molar-refractivity contribution in [2.24, 2.45) is 0 Å². The maximum atomic E-state index is 11.8. The summed E-state index contributed by atoms with van der Waals surface area (Å²) in [4.78, 5) is 23.1. The molecule has 2 rings (SSSR count). The van der Waals surface area contributed by atoms with Crippen LogP contribution in [-0.2, 0) is 4.79 Å². The SMILES string of the molecule is O=C(N[C@@H](C(=O)O)c1ccccc1Cl)Oc1ccccc1. The third-order valence-electron chi connectivity index (χ3n) is 2.68. The predicted octanol–water partition coefficient (Wildman–Crippen LogP) is 3.25. The maximum absolute atomic E-state index is 11.8. The fourth-order valence-corrected chi connectivity index (χ4v) is 1.97. The molecule has 2 aromatic carbocycles. The molecule has 2 aromatic rings. The highest BCUT2D eigenvalue weighted by Gasteiger charge is 2.24.